The van der Waals surface area contributed by atoms with Gasteiger partial charge in [-0.25, -0.2) is 0 Å². The van der Waals surface area contributed by atoms with Gasteiger partial charge < -0.3 is 29.7 Å². The van der Waals surface area contributed by atoms with E-state index in [9.17, 15) is 14.4 Å². The lowest BCUT2D eigenvalue weighted by Crippen LogP contribution is -2.27. The van der Waals surface area contributed by atoms with Crippen LogP contribution in [0.2, 0.25) is 0 Å². The van der Waals surface area contributed by atoms with Crippen LogP contribution >= 0.6 is 0 Å². The van der Waals surface area contributed by atoms with Crippen molar-refractivity contribution in [2.24, 2.45) is 0 Å². The fourth-order valence-corrected chi connectivity index (χ4v) is 5.45. The van der Waals surface area contributed by atoms with Crippen molar-refractivity contribution in [1.82, 2.24) is 10.2 Å². The van der Waals surface area contributed by atoms with Crippen molar-refractivity contribution in [1.29, 1.82) is 0 Å². The summed E-state index contributed by atoms with van der Waals surface area (Å²) in [5.41, 5.74) is 4.51. The first-order valence-corrected chi connectivity index (χ1v) is 14.1. The van der Waals surface area contributed by atoms with Gasteiger partial charge in [-0.15, -0.1) is 0 Å². The molecule has 0 fully saturated rings. The maximum atomic E-state index is 13.4. The number of ether oxygens (including phenoxy) is 3. The number of fused-ring (bicyclic) bond motifs is 3. The highest BCUT2D eigenvalue weighted by Gasteiger charge is 2.29. The van der Waals surface area contributed by atoms with Crippen LogP contribution in [0.4, 0.5) is 5.69 Å². The highest BCUT2D eigenvalue weighted by atomic mass is 16.5. The molecule has 9 heteroatoms. The van der Waals surface area contributed by atoms with E-state index in [1.165, 1.54) is 6.92 Å². The van der Waals surface area contributed by atoms with Crippen LogP contribution < -0.4 is 30.3 Å². The first-order chi connectivity index (χ1) is 20.3. The topological polar surface area (TPSA) is 106 Å². The minimum Gasteiger partial charge on any atom is -0.493 e. The summed E-state index contributed by atoms with van der Waals surface area (Å²) in [6, 6.07) is 16.6. The lowest BCUT2D eigenvalue weighted by atomic mass is 9.95. The third-order valence-corrected chi connectivity index (χ3v) is 7.49. The van der Waals surface area contributed by atoms with Crippen LogP contribution in [-0.2, 0) is 22.6 Å². The summed E-state index contributed by atoms with van der Waals surface area (Å²) in [6.45, 7) is 2.47. The largest absolute Gasteiger partial charge is 0.493 e. The second-order valence-corrected chi connectivity index (χ2v) is 10.4. The molecule has 0 bridgehead atoms. The number of rotatable bonds is 11. The molecular formula is C33H39N3O6. The SMILES string of the molecule is COc1cc2c(c(OC)c1OC)-c1ccc(NCCCC(=O)N(C)Cc3ccccc3)c(=O)cc1C(NC(C)=O)CC2. The molecule has 1 atom stereocenters. The molecule has 0 radical (unpaired) electrons. The predicted octanol–water partition coefficient (Wildman–Crippen LogP) is 4.71. The van der Waals surface area contributed by atoms with Gasteiger partial charge in [0.2, 0.25) is 23.0 Å². The molecule has 2 N–H and O–H groups in total. The molecule has 42 heavy (non-hydrogen) atoms. The molecule has 0 heterocycles. The highest BCUT2D eigenvalue weighted by Crippen LogP contribution is 2.50. The number of carbonyl (C=O) groups excluding carboxylic acids is 2. The van der Waals surface area contributed by atoms with E-state index in [1.54, 1.807) is 45.4 Å². The second kappa shape index (κ2) is 13.9. The smallest absolute Gasteiger partial charge is 0.222 e. The molecule has 1 aliphatic carbocycles. The number of carbonyl (C=O) groups is 2. The summed E-state index contributed by atoms with van der Waals surface area (Å²) in [4.78, 5) is 39.9. The van der Waals surface area contributed by atoms with Gasteiger partial charge in [-0.2, -0.15) is 0 Å². The van der Waals surface area contributed by atoms with Gasteiger partial charge in [0.15, 0.2) is 11.5 Å². The van der Waals surface area contributed by atoms with Crippen molar-refractivity contribution in [2.75, 3.05) is 40.2 Å². The van der Waals surface area contributed by atoms with E-state index in [4.69, 9.17) is 14.2 Å². The number of nitrogens with zero attached hydrogens (tertiary/aromatic N) is 1. The molecule has 9 nitrogen and oxygen atoms in total. The van der Waals surface area contributed by atoms with Crippen LogP contribution in [0.25, 0.3) is 11.1 Å². The fraction of sp³-hybridized carbons (Fsp3) is 0.364. The molecule has 1 unspecified atom stereocenters. The third-order valence-electron chi connectivity index (χ3n) is 7.49. The van der Waals surface area contributed by atoms with Crippen molar-refractivity contribution in [3.8, 4) is 28.4 Å². The summed E-state index contributed by atoms with van der Waals surface area (Å²) in [6.07, 6.45) is 2.14. The molecule has 1 aliphatic rings. The van der Waals surface area contributed by atoms with Crippen molar-refractivity contribution in [2.45, 2.75) is 45.2 Å². The Balaban J connectivity index is 1.60. The van der Waals surface area contributed by atoms with E-state index in [-0.39, 0.29) is 23.3 Å². The minimum atomic E-state index is -0.377. The van der Waals surface area contributed by atoms with E-state index in [1.807, 2.05) is 42.5 Å². The Morgan fingerprint density at radius 3 is 2.38 bits per heavy atom. The van der Waals surface area contributed by atoms with Crippen molar-refractivity contribution in [3.63, 3.8) is 0 Å². The molecule has 222 valence electrons. The fourth-order valence-electron chi connectivity index (χ4n) is 5.45. The second-order valence-electron chi connectivity index (χ2n) is 10.4. The molecule has 2 amide bonds. The van der Waals surface area contributed by atoms with Gasteiger partial charge in [-0.1, -0.05) is 36.4 Å². The normalized spacial score (nSPS) is 13.6. The Hall–Kier alpha value is -4.53. The zero-order valence-electron chi connectivity index (χ0n) is 24.9. The summed E-state index contributed by atoms with van der Waals surface area (Å²) in [5.74, 6) is 1.36. The maximum absolute atomic E-state index is 13.4. The average molecular weight is 574 g/mol. The molecule has 3 aromatic carbocycles. The first kappa shape index (κ1) is 30.4. The molecular weight excluding hydrogens is 534 g/mol. The zero-order chi connectivity index (χ0) is 30.2. The number of methoxy groups -OCH3 is 3. The molecule has 4 rings (SSSR count). The Kier molecular flexibility index (Phi) is 10.1. The van der Waals surface area contributed by atoms with Gasteiger partial charge in [0, 0.05) is 39.0 Å². The standard InChI is InChI=1S/C33H39N3O6/c1-21(37)35-26-15-13-23-18-29(40-3)32(41-4)33(42-5)31(23)24-14-16-27(28(38)19-25(24)26)34-17-9-12-30(39)36(2)20-22-10-7-6-8-11-22/h6-8,10-11,14,16,18-19,26H,9,12-13,15,17,20H2,1-5H3,(H,34,38)(H,35,37). The van der Waals surface area contributed by atoms with Crippen LogP contribution in [-0.4, -0.2) is 51.6 Å². The first-order valence-electron chi connectivity index (χ1n) is 14.1. The number of anilines is 1. The van der Waals surface area contributed by atoms with Gasteiger partial charge in [-0.05, 0) is 59.7 Å². The van der Waals surface area contributed by atoms with Gasteiger partial charge in [0.25, 0.3) is 0 Å². The summed E-state index contributed by atoms with van der Waals surface area (Å²) in [5, 5.41) is 6.24. The third kappa shape index (κ3) is 6.84. The minimum absolute atomic E-state index is 0.0413. The van der Waals surface area contributed by atoms with E-state index in [2.05, 4.69) is 10.6 Å². The average Bonchev–Trinajstić information content (AvgIpc) is 3.22. The summed E-state index contributed by atoms with van der Waals surface area (Å²) >= 11 is 0. The number of hydrogen-bond acceptors (Lipinski definition) is 7. The Labute approximate surface area is 246 Å². The summed E-state index contributed by atoms with van der Waals surface area (Å²) in [7, 11) is 6.49. The van der Waals surface area contributed by atoms with Gasteiger partial charge in [-0.3, -0.25) is 14.4 Å². The Bertz CT molecular complexity index is 1490. The maximum Gasteiger partial charge on any atom is 0.222 e. The van der Waals surface area contributed by atoms with Crippen molar-refractivity contribution >= 4 is 17.5 Å². The van der Waals surface area contributed by atoms with Gasteiger partial charge in [0.05, 0.1) is 33.1 Å². The quantitative estimate of drug-likeness (QED) is 0.320. The van der Waals surface area contributed by atoms with Crippen molar-refractivity contribution in [3.05, 3.63) is 81.5 Å². The lowest BCUT2D eigenvalue weighted by molar-refractivity contribution is -0.130. The van der Waals surface area contributed by atoms with Crippen LogP contribution in [0.1, 0.15) is 48.9 Å². The number of hydrogen-bond donors (Lipinski definition) is 2. The van der Waals surface area contributed by atoms with Crippen LogP contribution in [0.3, 0.4) is 0 Å². The predicted molar refractivity (Wildman–Crippen MR) is 163 cm³/mol. The zero-order valence-corrected chi connectivity index (χ0v) is 24.9. The molecule has 0 saturated heterocycles. The molecule has 3 aromatic rings. The van der Waals surface area contributed by atoms with Crippen LogP contribution in [0.15, 0.2) is 59.4 Å². The summed E-state index contributed by atoms with van der Waals surface area (Å²) < 4.78 is 17.1. The van der Waals surface area contributed by atoms with E-state index in [0.717, 1.165) is 22.3 Å². The molecule has 0 spiro atoms. The molecule has 0 saturated carbocycles. The number of aryl methyl sites for hydroxylation is 1. The number of nitrogens with one attached hydrogen (secondary N) is 2. The van der Waals surface area contributed by atoms with E-state index >= 15 is 0 Å². The Morgan fingerprint density at radius 2 is 1.71 bits per heavy atom. The molecule has 0 aliphatic heterocycles. The van der Waals surface area contributed by atoms with Crippen molar-refractivity contribution < 1.29 is 23.8 Å². The van der Waals surface area contributed by atoms with E-state index in [0.29, 0.717) is 67.3 Å². The monoisotopic (exact) mass is 573 g/mol. The van der Waals surface area contributed by atoms with Gasteiger partial charge >= 0.3 is 0 Å². The van der Waals surface area contributed by atoms with Crippen LogP contribution in [0, 0.1) is 0 Å². The highest BCUT2D eigenvalue weighted by molar-refractivity contribution is 5.84. The van der Waals surface area contributed by atoms with E-state index < -0.39 is 0 Å². The number of amides is 2. The lowest BCUT2D eigenvalue weighted by Gasteiger charge is -2.19. The Morgan fingerprint density at radius 1 is 0.976 bits per heavy atom. The number of benzene rings is 2. The van der Waals surface area contributed by atoms with Crippen LogP contribution in [0.5, 0.6) is 17.2 Å². The molecule has 0 aromatic heterocycles. The van der Waals surface area contributed by atoms with Gasteiger partial charge in [0.1, 0.15) is 0 Å².